The molecule has 3 aromatic rings. The number of aromatic nitrogens is 2. The third-order valence-electron chi connectivity index (χ3n) is 5.51. The van der Waals surface area contributed by atoms with E-state index in [-0.39, 0.29) is 22.1 Å². The number of halogens is 1. The molecule has 0 N–H and O–H groups in total. The summed E-state index contributed by atoms with van der Waals surface area (Å²) in [5.74, 6) is 0.600. The lowest BCUT2D eigenvalue weighted by molar-refractivity contribution is 0.0764. The van der Waals surface area contributed by atoms with E-state index in [0.717, 1.165) is 28.5 Å². The van der Waals surface area contributed by atoms with Crippen molar-refractivity contribution >= 4 is 40.3 Å². The Hall–Kier alpha value is -2.31. The van der Waals surface area contributed by atoms with Gasteiger partial charge in [0.1, 0.15) is 11.2 Å². The maximum atomic E-state index is 13.3. The maximum Gasteiger partial charge on any atom is 0.259 e. The zero-order valence-corrected chi connectivity index (χ0v) is 18.7. The molecule has 1 amide bonds. The van der Waals surface area contributed by atoms with Crippen molar-refractivity contribution in [1.29, 1.82) is 0 Å². The van der Waals surface area contributed by atoms with E-state index in [2.05, 4.69) is 11.1 Å². The lowest BCUT2D eigenvalue weighted by Crippen LogP contribution is -2.36. The van der Waals surface area contributed by atoms with E-state index in [1.807, 2.05) is 54.4 Å². The molecule has 2 aromatic heterocycles. The fraction of sp³-hybridized carbons (Fsp3) is 0.348. The Balaban J connectivity index is 1.63. The number of thioether (sulfide) groups is 1. The van der Waals surface area contributed by atoms with Gasteiger partial charge in [-0.15, -0.1) is 0 Å². The van der Waals surface area contributed by atoms with Gasteiger partial charge < -0.3 is 9.47 Å². The van der Waals surface area contributed by atoms with Crippen LogP contribution in [0.1, 0.15) is 40.2 Å². The molecule has 156 valence electrons. The van der Waals surface area contributed by atoms with Crippen molar-refractivity contribution in [2.45, 2.75) is 32.1 Å². The van der Waals surface area contributed by atoms with E-state index in [4.69, 9.17) is 11.6 Å². The van der Waals surface area contributed by atoms with Gasteiger partial charge in [-0.1, -0.05) is 29.8 Å². The molecule has 1 aliphatic heterocycles. The number of rotatable bonds is 3. The summed E-state index contributed by atoms with van der Waals surface area (Å²) in [6.45, 7) is 5.72. The van der Waals surface area contributed by atoms with Gasteiger partial charge in [0.05, 0.1) is 5.39 Å². The SMILES string of the molecule is CCn1cc(C(=O)N2CCSC(c3ccccc3Cl)CC2)c(=O)c2ccc(C)nc21. The van der Waals surface area contributed by atoms with E-state index in [1.54, 1.807) is 17.2 Å². The van der Waals surface area contributed by atoms with Gasteiger partial charge in [0.2, 0.25) is 5.43 Å². The topological polar surface area (TPSA) is 55.2 Å². The monoisotopic (exact) mass is 441 g/mol. The summed E-state index contributed by atoms with van der Waals surface area (Å²) in [6, 6.07) is 11.5. The van der Waals surface area contributed by atoms with Crippen LogP contribution >= 0.6 is 23.4 Å². The van der Waals surface area contributed by atoms with Crippen LogP contribution in [0, 0.1) is 6.92 Å². The minimum Gasteiger partial charge on any atom is -0.338 e. The second-order valence-electron chi connectivity index (χ2n) is 7.44. The fourth-order valence-corrected chi connectivity index (χ4v) is 5.48. The van der Waals surface area contributed by atoms with Gasteiger partial charge in [-0.3, -0.25) is 9.59 Å². The van der Waals surface area contributed by atoms with Crippen molar-refractivity contribution in [3.63, 3.8) is 0 Å². The van der Waals surface area contributed by atoms with Crippen LogP contribution < -0.4 is 5.43 Å². The second kappa shape index (κ2) is 8.82. The number of amides is 1. The predicted molar refractivity (Wildman–Crippen MR) is 124 cm³/mol. The number of carbonyl (C=O) groups excluding carboxylic acids is 1. The van der Waals surface area contributed by atoms with Crippen LogP contribution in [0.3, 0.4) is 0 Å². The molecule has 7 heteroatoms. The first kappa shape index (κ1) is 20.9. The Bertz CT molecular complexity index is 1160. The number of pyridine rings is 2. The van der Waals surface area contributed by atoms with Gasteiger partial charge in [0, 0.05) is 47.6 Å². The van der Waals surface area contributed by atoms with Crippen LogP contribution in [-0.2, 0) is 6.54 Å². The van der Waals surface area contributed by atoms with Crippen LogP contribution in [0.2, 0.25) is 5.02 Å². The zero-order valence-electron chi connectivity index (χ0n) is 17.1. The van der Waals surface area contributed by atoms with Crippen LogP contribution in [0.4, 0.5) is 0 Å². The molecule has 1 atom stereocenters. The number of nitrogens with zero attached hydrogens (tertiary/aromatic N) is 3. The summed E-state index contributed by atoms with van der Waals surface area (Å²) in [5, 5.41) is 1.50. The van der Waals surface area contributed by atoms with Gasteiger partial charge >= 0.3 is 0 Å². The molecule has 1 aliphatic rings. The molecule has 0 bridgehead atoms. The van der Waals surface area contributed by atoms with Crippen molar-refractivity contribution in [2.24, 2.45) is 0 Å². The van der Waals surface area contributed by atoms with Crippen LogP contribution in [0.25, 0.3) is 11.0 Å². The average Bonchev–Trinajstić information content (AvgIpc) is 3.00. The van der Waals surface area contributed by atoms with Crippen LogP contribution in [0.15, 0.2) is 47.4 Å². The number of carbonyl (C=O) groups is 1. The highest BCUT2D eigenvalue weighted by molar-refractivity contribution is 7.99. The fourth-order valence-electron chi connectivity index (χ4n) is 3.88. The molecule has 1 aromatic carbocycles. The zero-order chi connectivity index (χ0) is 21.3. The summed E-state index contributed by atoms with van der Waals surface area (Å²) in [5.41, 5.74) is 2.56. The first-order chi connectivity index (χ1) is 14.5. The number of fused-ring (bicyclic) bond motifs is 1. The van der Waals surface area contributed by atoms with Gasteiger partial charge in [-0.05, 0) is 44.0 Å². The Morgan fingerprint density at radius 2 is 2.03 bits per heavy atom. The molecule has 5 nitrogen and oxygen atoms in total. The Labute approximate surface area is 185 Å². The Kier molecular flexibility index (Phi) is 6.16. The predicted octanol–water partition coefficient (Wildman–Crippen LogP) is 4.70. The Morgan fingerprint density at radius 1 is 1.23 bits per heavy atom. The highest BCUT2D eigenvalue weighted by atomic mass is 35.5. The molecular formula is C23H24ClN3O2S. The second-order valence-corrected chi connectivity index (χ2v) is 9.16. The van der Waals surface area contributed by atoms with E-state index in [1.165, 1.54) is 0 Å². The van der Waals surface area contributed by atoms with Crippen molar-refractivity contribution < 1.29 is 4.79 Å². The van der Waals surface area contributed by atoms with Gasteiger partial charge in [-0.25, -0.2) is 4.98 Å². The Morgan fingerprint density at radius 3 is 2.80 bits per heavy atom. The summed E-state index contributed by atoms with van der Waals surface area (Å²) in [4.78, 5) is 32.7. The molecule has 1 saturated heterocycles. The largest absolute Gasteiger partial charge is 0.338 e. The van der Waals surface area contributed by atoms with Gasteiger partial charge in [0.15, 0.2) is 0 Å². The molecule has 3 heterocycles. The number of aryl methyl sites for hydroxylation is 2. The summed E-state index contributed by atoms with van der Waals surface area (Å²) < 4.78 is 1.89. The van der Waals surface area contributed by atoms with E-state index in [0.29, 0.717) is 30.7 Å². The molecule has 1 unspecified atom stereocenters. The highest BCUT2D eigenvalue weighted by Crippen LogP contribution is 2.37. The number of hydrogen-bond acceptors (Lipinski definition) is 4. The molecule has 30 heavy (non-hydrogen) atoms. The maximum absolute atomic E-state index is 13.3. The summed E-state index contributed by atoms with van der Waals surface area (Å²) >= 11 is 8.19. The first-order valence-corrected chi connectivity index (χ1v) is 11.6. The third-order valence-corrected chi connectivity index (χ3v) is 7.17. The number of benzene rings is 1. The lowest BCUT2D eigenvalue weighted by atomic mass is 10.1. The molecule has 4 rings (SSSR count). The molecule has 0 spiro atoms. The minimum absolute atomic E-state index is 0.204. The van der Waals surface area contributed by atoms with Gasteiger partial charge in [0.25, 0.3) is 5.91 Å². The summed E-state index contributed by atoms with van der Waals surface area (Å²) in [7, 11) is 0. The molecule has 0 aliphatic carbocycles. The molecular weight excluding hydrogens is 418 g/mol. The molecule has 0 saturated carbocycles. The van der Waals surface area contributed by atoms with Crippen molar-refractivity contribution in [1.82, 2.24) is 14.5 Å². The van der Waals surface area contributed by atoms with Gasteiger partial charge in [-0.2, -0.15) is 11.8 Å². The molecule has 1 fully saturated rings. The molecule has 0 radical (unpaired) electrons. The normalized spacial score (nSPS) is 17.2. The van der Waals surface area contributed by atoms with Crippen molar-refractivity contribution in [3.8, 4) is 0 Å². The number of hydrogen-bond donors (Lipinski definition) is 0. The van der Waals surface area contributed by atoms with Crippen LogP contribution in [-0.4, -0.2) is 39.2 Å². The van der Waals surface area contributed by atoms with E-state index < -0.39 is 0 Å². The minimum atomic E-state index is -0.244. The highest BCUT2D eigenvalue weighted by Gasteiger charge is 2.26. The quantitative estimate of drug-likeness (QED) is 0.591. The van der Waals surface area contributed by atoms with E-state index >= 15 is 0 Å². The van der Waals surface area contributed by atoms with E-state index in [9.17, 15) is 9.59 Å². The summed E-state index contributed by atoms with van der Waals surface area (Å²) in [6.07, 6.45) is 2.47. The van der Waals surface area contributed by atoms with Crippen LogP contribution in [0.5, 0.6) is 0 Å². The van der Waals surface area contributed by atoms with Crippen molar-refractivity contribution in [3.05, 3.63) is 74.7 Å². The smallest absolute Gasteiger partial charge is 0.259 e. The van der Waals surface area contributed by atoms with Crippen molar-refractivity contribution in [2.75, 3.05) is 18.8 Å². The third kappa shape index (κ3) is 3.98. The lowest BCUT2D eigenvalue weighted by Gasteiger charge is -2.21. The first-order valence-electron chi connectivity index (χ1n) is 10.2. The standard InChI is InChI=1S/C23H24ClN3O2S/c1-3-26-14-18(21(28)17-9-8-15(2)25-22(17)26)23(29)27-11-10-20(30-13-12-27)16-6-4-5-7-19(16)24/h4-9,14,20H,3,10-13H2,1-2H3. The average molecular weight is 442 g/mol.